The summed E-state index contributed by atoms with van der Waals surface area (Å²) < 4.78 is 0. The van der Waals surface area contributed by atoms with Crippen molar-refractivity contribution in [3.8, 4) is 0 Å². The highest BCUT2D eigenvalue weighted by molar-refractivity contribution is 5.18. The fourth-order valence-corrected chi connectivity index (χ4v) is 5.18. The van der Waals surface area contributed by atoms with E-state index < -0.39 is 0 Å². The predicted octanol–water partition coefficient (Wildman–Crippen LogP) is 12.2. The molecule has 0 saturated carbocycles. The third-order valence-electron chi connectivity index (χ3n) is 7.61. The van der Waals surface area contributed by atoms with Gasteiger partial charge in [-0.25, -0.2) is 0 Å². The highest BCUT2D eigenvalue weighted by Gasteiger charge is 2.04. The summed E-state index contributed by atoms with van der Waals surface area (Å²) in [7, 11) is 0. The molecule has 1 atom stereocenters. The van der Waals surface area contributed by atoms with Crippen molar-refractivity contribution in [1.29, 1.82) is 0 Å². The van der Waals surface area contributed by atoms with Crippen molar-refractivity contribution in [3.63, 3.8) is 0 Å². The quantitative estimate of drug-likeness (QED) is 0.128. The fourth-order valence-electron chi connectivity index (χ4n) is 5.18. The number of rotatable bonds is 25. The van der Waals surface area contributed by atoms with Crippen LogP contribution in [-0.2, 0) is 0 Å². The van der Waals surface area contributed by atoms with Gasteiger partial charge in [0.15, 0.2) is 0 Å². The summed E-state index contributed by atoms with van der Waals surface area (Å²) in [5.41, 5.74) is 1.51. The van der Waals surface area contributed by atoms with Gasteiger partial charge in [0, 0.05) is 0 Å². The van der Waals surface area contributed by atoms with Crippen molar-refractivity contribution in [1.82, 2.24) is 0 Å². The average molecular weight is 457 g/mol. The second kappa shape index (κ2) is 24.3. The monoisotopic (exact) mass is 456 g/mol. The Morgan fingerprint density at radius 3 is 1.06 bits per heavy atom. The van der Waals surface area contributed by atoms with E-state index in [0.29, 0.717) is 0 Å². The molecule has 0 aliphatic heterocycles. The molecule has 0 radical (unpaired) electrons. The minimum atomic E-state index is 0.723. The van der Waals surface area contributed by atoms with Crippen molar-refractivity contribution in [2.24, 2.45) is 0 Å². The van der Waals surface area contributed by atoms with Crippen LogP contribution in [0.2, 0.25) is 0 Å². The van der Waals surface area contributed by atoms with Crippen LogP contribution in [0.3, 0.4) is 0 Å². The summed E-state index contributed by atoms with van der Waals surface area (Å²) in [4.78, 5) is 0. The molecule has 0 saturated heterocycles. The molecule has 0 heterocycles. The Balaban J connectivity index is 1.68. The summed E-state index contributed by atoms with van der Waals surface area (Å²) in [5.74, 6) is 0.723. The summed E-state index contributed by atoms with van der Waals surface area (Å²) in [6, 6.07) is 11.0. The van der Waals surface area contributed by atoms with Gasteiger partial charge in [-0.3, -0.25) is 0 Å². The van der Waals surface area contributed by atoms with Crippen LogP contribution in [-0.4, -0.2) is 0 Å². The highest BCUT2D eigenvalue weighted by atomic mass is 14.1. The normalized spacial score (nSPS) is 12.3. The van der Waals surface area contributed by atoms with Crippen LogP contribution in [0, 0.1) is 0 Å². The molecule has 0 amide bonds. The lowest BCUT2D eigenvalue weighted by Crippen LogP contribution is -1.93. The van der Waals surface area contributed by atoms with E-state index in [4.69, 9.17) is 0 Å². The van der Waals surface area contributed by atoms with Gasteiger partial charge >= 0.3 is 0 Å². The smallest absolute Gasteiger partial charge is 0.0190 e. The Bertz CT molecular complexity index is 476. The molecule has 0 aliphatic carbocycles. The van der Waals surface area contributed by atoms with Crippen LogP contribution in [0.15, 0.2) is 30.3 Å². The molecule has 0 nitrogen and oxygen atoms in total. The lowest BCUT2D eigenvalue weighted by Gasteiger charge is -2.11. The van der Waals surface area contributed by atoms with E-state index in [0.717, 1.165) is 5.92 Å². The van der Waals surface area contributed by atoms with Gasteiger partial charge in [-0.05, 0) is 17.9 Å². The van der Waals surface area contributed by atoms with Gasteiger partial charge in [-0.15, -0.1) is 0 Å². The van der Waals surface area contributed by atoms with Gasteiger partial charge in [0.2, 0.25) is 0 Å². The second-order valence-corrected chi connectivity index (χ2v) is 10.9. The minimum Gasteiger partial charge on any atom is -0.0654 e. The van der Waals surface area contributed by atoms with E-state index in [2.05, 4.69) is 44.2 Å². The van der Waals surface area contributed by atoms with E-state index in [1.165, 1.54) is 160 Å². The molecule has 1 aromatic carbocycles. The summed E-state index contributed by atoms with van der Waals surface area (Å²) >= 11 is 0. The zero-order valence-corrected chi connectivity index (χ0v) is 22.9. The zero-order valence-electron chi connectivity index (χ0n) is 22.9. The predicted molar refractivity (Wildman–Crippen MR) is 151 cm³/mol. The molecule has 0 spiro atoms. The second-order valence-electron chi connectivity index (χ2n) is 10.9. The lowest BCUT2D eigenvalue weighted by molar-refractivity contribution is 0.514. The Labute approximate surface area is 209 Å². The van der Waals surface area contributed by atoms with Crippen molar-refractivity contribution in [3.05, 3.63) is 35.9 Å². The molecule has 0 aliphatic rings. The third-order valence-corrected chi connectivity index (χ3v) is 7.61. The van der Waals surface area contributed by atoms with Gasteiger partial charge in [-0.1, -0.05) is 192 Å². The topological polar surface area (TPSA) is 0 Å². The first-order valence-corrected chi connectivity index (χ1v) is 15.4. The molecule has 1 aromatic rings. The first-order valence-electron chi connectivity index (χ1n) is 15.4. The molecule has 0 bridgehead atoms. The van der Waals surface area contributed by atoms with E-state index in [1.807, 2.05) is 0 Å². The van der Waals surface area contributed by atoms with Gasteiger partial charge in [-0.2, -0.15) is 0 Å². The molecule has 33 heavy (non-hydrogen) atoms. The van der Waals surface area contributed by atoms with Gasteiger partial charge < -0.3 is 0 Å². The average Bonchev–Trinajstić information content (AvgIpc) is 2.85. The molecular weight excluding hydrogens is 396 g/mol. The standard InChI is InChI=1S/C33H60/c1-3-4-5-6-7-8-9-10-11-12-13-14-15-16-17-18-19-20-21-22-23-24-26-29-32(2)33-30-27-25-28-31-33/h25,27-28,30-32H,3-24,26,29H2,1-2H3. The Kier molecular flexibility index (Phi) is 22.3. The molecule has 192 valence electrons. The van der Waals surface area contributed by atoms with Gasteiger partial charge in [0.25, 0.3) is 0 Å². The molecule has 1 rings (SSSR count). The zero-order chi connectivity index (χ0) is 23.7. The SMILES string of the molecule is CCCCCCCCCCCCCCCCCCCCCCCCCC(C)c1ccccc1. The first kappa shape index (κ1) is 30.3. The summed E-state index contributed by atoms with van der Waals surface area (Å²) in [6.07, 6.45) is 35.1. The van der Waals surface area contributed by atoms with Crippen LogP contribution < -0.4 is 0 Å². The number of benzene rings is 1. The minimum absolute atomic E-state index is 0.723. The van der Waals surface area contributed by atoms with Crippen molar-refractivity contribution in [2.75, 3.05) is 0 Å². The van der Waals surface area contributed by atoms with E-state index >= 15 is 0 Å². The van der Waals surface area contributed by atoms with Crippen LogP contribution in [0.4, 0.5) is 0 Å². The maximum atomic E-state index is 2.38. The maximum absolute atomic E-state index is 2.38. The molecule has 0 aromatic heterocycles. The Hall–Kier alpha value is -0.780. The van der Waals surface area contributed by atoms with E-state index in [1.54, 1.807) is 0 Å². The number of hydrogen-bond donors (Lipinski definition) is 0. The van der Waals surface area contributed by atoms with Crippen LogP contribution >= 0.6 is 0 Å². The maximum Gasteiger partial charge on any atom is -0.0190 e. The Morgan fingerprint density at radius 2 is 0.727 bits per heavy atom. The van der Waals surface area contributed by atoms with Crippen LogP contribution in [0.5, 0.6) is 0 Å². The van der Waals surface area contributed by atoms with Crippen LogP contribution in [0.25, 0.3) is 0 Å². The fraction of sp³-hybridized carbons (Fsp3) is 0.818. The third kappa shape index (κ3) is 20.3. The number of hydrogen-bond acceptors (Lipinski definition) is 0. The highest BCUT2D eigenvalue weighted by Crippen LogP contribution is 2.22. The van der Waals surface area contributed by atoms with E-state index in [-0.39, 0.29) is 0 Å². The first-order chi connectivity index (χ1) is 16.3. The largest absolute Gasteiger partial charge is 0.0654 e. The molecule has 1 unspecified atom stereocenters. The summed E-state index contributed by atoms with van der Waals surface area (Å²) in [5, 5.41) is 0. The van der Waals surface area contributed by atoms with Crippen molar-refractivity contribution < 1.29 is 0 Å². The number of unbranched alkanes of at least 4 members (excludes halogenated alkanes) is 22. The van der Waals surface area contributed by atoms with Crippen molar-refractivity contribution in [2.45, 2.75) is 174 Å². The Morgan fingerprint density at radius 1 is 0.424 bits per heavy atom. The van der Waals surface area contributed by atoms with Gasteiger partial charge in [0.05, 0.1) is 0 Å². The van der Waals surface area contributed by atoms with Crippen LogP contribution in [0.1, 0.15) is 179 Å². The summed E-state index contributed by atoms with van der Waals surface area (Å²) in [6.45, 7) is 4.69. The molecular formula is C33H60. The molecule has 0 fully saturated rings. The van der Waals surface area contributed by atoms with Crippen molar-refractivity contribution >= 4 is 0 Å². The molecule has 0 heteroatoms. The lowest BCUT2D eigenvalue weighted by atomic mass is 9.95. The van der Waals surface area contributed by atoms with E-state index in [9.17, 15) is 0 Å². The van der Waals surface area contributed by atoms with Gasteiger partial charge in [0.1, 0.15) is 0 Å². The molecule has 0 N–H and O–H groups in total.